The lowest BCUT2D eigenvalue weighted by Gasteiger charge is -2.22. The van der Waals surface area contributed by atoms with Crippen LogP contribution in [0.1, 0.15) is 39.7 Å². The fourth-order valence-electron chi connectivity index (χ4n) is 2.69. The molecular formula is C21H27NO6S. The molecule has 158 valence electrons. The van der Waals surface area contributed by atoms with Gasteiger partial charge in [-0.05, 0) is 63.3 Å². The first-order chi connectivity index (χ1) is 13.6. The zero-order valence-corrected chi connectivity index (χ0v) is 18.2. The molecule has 0 saturated heterocycles. The van der Waals surface area contributed by atoms with Gasteiger partial charge in [0, 0.05) is 17.5 Å². The first kappa shape index (κ1) is 22.8. The Kier molecular flexibility index (Phi) is 7.73. The van der Waals surface area contributed by atoms with Crippen LogP contribution < -0.4 is 15.7 Å². The number of hydrogen-bond acceptors (Lipinski definition) is 7. The van der Waals surface area contributed by atoms with Gasteiger partial charge in [0.2, 0.25) is 0 Å². The molecule has 1 heterocycles. The predicted octanol–water partition coefficient (Wildman–Crippen LogP) is 3.91. The molecule has 0 aliphatic carbocycles. The number of fused-ring (bicyclic) bond motifs is 1. The summed E-state index contributed by atoms with van der Waals surface area (Å²) < 4.78 is 15.9. The van der Waals surface area contributed by atoms with Gasteiger partial charge in [-0.2, -0.15) is 11.8 Å². The van der Waals surface area contributed by atoms with Crippen LogP contribution in [0, 0.1) is 0 Å². The van der Waals surface area contributed by atoms with E-state index >= 15 is 0 Å². The topological polar surface area (TPSA) is 94.8 Å². The maximum atomic E-state index is 12.7. The number of alkyl carbamates (subject to hydrolysis) is 1. The van der Waals surface area contributed by atoms with Crippen molar-refractivity contribution in [3.8, 4) is 5.75 Å². The number of rotatable bonds is 7. The number of ether oxygens (including phenoxy) is 2. The van der Waals surface area contributed by atoms with Crippen LogP contribution in [0.4, 0.5) is 4.79 Å². The van der Waals surface area contributed by atoms with Gasteiger partial charge in [-0.15, -0.1) is 0 Å². The number of hydrogen-bond donors (Lipinski definition) is 1. The third-order valence-electron chi connectivity index (χ3n) is 3.99. The third kappa shape index (κ3) is 6.81. The van der Waals surface area contributed by atoms with E-state index in [1.807, 2.05) is 13.2 Å². The molecule has 1 aromatic carbocycles. The van der Waals surface area contributed by atoms with E-state index in [0.717, 1.165) is 10.9 Å². The van der Waals surface area contributed by atoms with E-state index in [4.69, 9.17) is 13.9 Å². The predicted molar refractivity (Wildman–Crippen MR) is 114 cm³/mol. The van der Waals surface area contributed by atoms with Crippen molar-refractivity contribution in [1.82, 2.24) is 5.32 Å². The first-order valence-electron chi connectivity index (χ1n) is 9.40. The number of carbonyl (C=O) groups excluding carboxylic acids is 2. The van der Waals surface area contributed by atoms with Crippen LogP contribution in [-0.4, -0.2) is 35.7 Å². The molecule has 0 fully saturated rings. The molecule has 1 unspecified atom stereocenters. The largest absolute Gasteiger partial charge is 0.444 e. The summed E-state index contributed by atoms with van der Waals surface area (Å²) >= 11 is 1.55. The Morgan fingerprint density at radius 1 is 1.24 bits per heavy atom. The maximum absolute atomic E-state index is 12.7. The number of thioether (sulfide) groups is 1. The van der Waals surface area contributed by atoms with Crippen LogP contribution in [0.25, 0.3) is 11.0 Å². The summed E-state index contributed by atoms with van der Waals surface area (Å²) in [5, 5.41) is 3.36. The maximum Gasteiger partial charge on any atom is 0.408 e. The highest BCUT2D eigenvalue weighted by Crippen LogP contribution is 2.23. The van der Waals surface area contributed by atoms with Crippen molar-refractivity contribution in [3.63, 3.8) is 0 Å². The molecule has 8 heteroatoms. The van der Waals surface area contributed by atoms with Gasteiger partial charge in [-0.1, -0.05) is 6.92 Å². The number of nitrogens with one attached hydrogen (secondary N) is 1. The second-order valence-electron chi connectivity index (χ2n) is 7.50. The van der Waals surface area contributed by atoms with Crippen LogP contribution in [-0.2, 0) is 16.0 Å². The SMILES string of the molecule is CCc1cc(=O)oc2cc(OC(=O)C(CCSC)NC(=O)OC(C)(C)C)ccc12. The summed E-state index contributed by atoms with van der Waals surface area (Å²) in [4.78, 5) is 36.4. The summed E-state index contributed by atoms with van der Waals surface area (Å²) in [6.45, 7) is 7.18. The normalized spacial score (nSPS) is 12.4. The summed E-state index contributed by atoms with van der Waals surface area (Å²) in [7, 11) is 0. The van der Waals surface area contributed by atoms with Gasteiger partial charge in [-0.25, -0.2) is 14.4 Å². The van der Waals surface area contributed by atoms with Gasteiger partial charge >= 0.3 is 17.7 Å². The fraction of sp³-hybridized carbons (Fsp3) is 0.476. The number of esters is 1. The van der Waals surface area contributed by atoms with E-state index in [1.165, 1.54) is 12.1 Å². The van der Waals surface area contributed by atoms with E-state index in [-0.39, 0.29) is 5.75 Å². The molecule has 0 aliphatic heterocycles. The van der Waals surface area contributed by atoms with Crippen LogP contribution in [0.15, 0.2) is 33.5 Å². The highest BCUT2D eigenvalue weighted by Gasteiger charge is 2.26. The Balaban J connectivity index is 2.19. The van der Waals surface area contributed by atoms with Crippen molar-refractivity contribution in [3.05, 3.63) is 40.2 Å². The van der Waals surface area contributed by atoms with E-state index in [2.05, 4.69) is 5.32 Å². The Morgan fingerprint density at radius 2 is 1.97 bits per heavy atom. The Bertz CT molecular complexity index is 931. The quantitative estimate of drug-likeness (QED) is 0.411. The minimum Gasteiger partial charge on any atom is -0.444 e. The number of amides is 1. The second-order valence-corrected chi connectivity index (χ2v) is 8.49. The van der Waals surface area contributed by atoms with Crippen molar-refractivity contribution in [1.29, 1.82) is 0 Å². The first-order valence-corrected chi connectivity index (χ1v) is 10.8. The minimum absolute atomic E-state index is 0.235. The van der Waals surface area contributed by atoms with Gasteiger partial charge in [0.05, 0.1) is 0 Å². The Morgan fingerprint density at radius 3 is 2.59 bits per heavy atom. The van der Waals surface area contributed by atoms with E-state index in [0.29, 0.717) is 24.2 Å². The number of aryl methyl sites for hydroxylation is 1. The molecule has 0 spiro atoms. The smallest absolute Gasteiger partial charge is 0.408 e. The molecule has 1 aromatic heterocycles. The molecule has 2 aromatic rings. The van der Waals surface area contributed by atoms with Crippen molar-refractivity contribution < 1.29 is 23.5 Å². The molecular weight excluding hydrogens is 394 g/mol. The third-order valence-corrected chi connectivity index (χ3v) is 4.63. The Hall–Kier alpha value is -2.48. The average Bonchev–Trinajstić information content (AvgIpc) is 2.62. The monoisotopic (exact) mass is 421 g/mol. The number of benzene rings is 1. The van der Waals surface area contributed by atoms with Crippen LogP contribution in [0.3, 0.4) is 0 Å². The second kappa shape index (κ2) is 9.82. The van der Waals surface area contributed by atoms with Gasteiger partial charge in [0.25, 0.3) is 0 Å². The van der Waals surface area contributed by atoms with E-state index in [1.54, 1.807) is 44.7 Å². The standard InChI is InChI=1S/C21H27NO6S/c1-6-13-11-18(23)27-17-12-14(7-8-15(13)17)26-19(24)16(9-10-29-5)22-20(25)28-21(2,3)4/h7-8,11-12,16H,6,9-10H2,1-5H3,(H,22,25). The van der Waals surface area contributed by atoms with Crippen molar-refractivity contribution >= 4 is 34.8 Å². The van der Waals surface area contributed by atoms with Crippen molar-refractivity contribution in [2.45, 2.75) is 52.2 Å². The lowest BCUT2D eigenvalue weighted by molar-refractivity contribution is -0.136. The summed E-state index contributed by atoms with van der Waals surface area (Å²) in [5.41, 5.74) is 0.0755. The molecule has 1 amide bonds. The van der Waals surface area contributed by atoms with Crippen molar-refractivity contribution in [2.75, 3.05) is 12.0 Å². The highest BCUT2D eigenvalue weighted by atomic mass is 32.2. The molecule has 7 nitrogen and oxygen atoms in total. The van der Waals surface area contributed by atoms with E-state index < -0.39 is 29.3 Å². The highest BCUT2D eigenvalue weighted by molar-refractivity contribution is 7.98. The van der Waals surface area contributed by atoms with Gasteiger partial charge < -0.3 is 19.2 Å². The van der Waals surface area contributed by atoms with Crippen LogP contribution >= 0.6 is 11.8 Å². The van der Waals surface area contributed by atoms with Gasteiger partial charge in [0.1, 0.15) is 23.0 Å². The fourth-order valence-corrected chi connectivity index (χ4v) is 3.16. The zero-order chi connectivity index (χ0) is 21.6. The molecule has 2 rings (SSSR count). The van der Waals surface area contributed by atoms with Gasteiger partial charge in [0.15, 0.2) is 0 Å². The minimum atomic E-state index is -0.859. The summed E-state index contributed by atoms with van der Waals surface area (Å²) in [5.74, 6) is 0.277. The number of carbonyl (C=O) groups is 2. The average molecular weight is 422 g/mol. The summed E-state index contributed by atoms with van der Waals surface area (Å²) in [6, 6.07) is 5.49. The molecule has 1 atom stereocenters. The van der Waals surface area contributed by atoms with Crippen LogP contribution in [0.5, 0.6) is 5.75 Å². The molecule has 0 radical (unpaired) electrons. The van der Waals surface area contributed by atoms with E-state index in [9.17, 15) is 14.4 Å². The lowest BCUT2D eigenvalue weighted by Crippen LogP contribution is -2.45. The molecule has 1 N–H and O–H groups in total. The molecule has 29 heavy (non-hydrogen) atoms. The molecule has 0 bridgehead atoms. The molecule has 0 saturated carbocycles. The lowest BCUT2D eigenvalue weighted by atomic mass is 10.1. The van der Waals surface area contributed by atoms with Gasteiger partial charge in [-0.3, -0.25) is 0 Å². The zero-order valence-electron chi connectivity index (χ0n) is 17.4. The Labute approximate surface area is 174 Å². The van der Waals surface area contributed by atoms with Crippen molar-refractivity contribution in [2.24, 2.45) is 0 Å². The molecule has 0 aliphatic rings. The summed E-state index contributed by atoms with van der Waals surface area (Å²) in [6.07, 6.45) is 2.30. The van der Waals surface area contributed by atoms with Crippen LogP contribution in [0.2, 0.25) is 0 Å².